The first-order valence-electron chi connectivity index (χ1n) is 8.23. The highest BCUT2D eigenvalue weighted by molar-refractivity contribution is 5.89. The third-order valence-corrected chi connectivity index (χ3v) is 3.78. The van der Waals surface area contributed by atoms with Gasteiger partial charge in [0, 0.05) is 5.69 Å². The molecule has 0 atom stereocenters. The van der Waals surface area contributed by atoms with Crippen LogP contribution in [0, 0.1) is 13.8 Å². The molecule has 128 valence electrons. The van der Waals surface area contributed by atoms with Crippen LogP contribution < -0.4 is 0 Å². The Morgan fingerprint density at radius 1 is 1.12 bits per heavy atom. The molecule has 2 heterocycles. The van der Waals surface area contributed by atoms with Gasteiger partial charge >= 0.3 is 5.97 Å². The zero-order valence-electron chi connectivity index (χ0n) is 14.6. The number of fused-ring (bicyclic) bond motifs is 1. The van der Waals surface area contributed by atoms with Gasteiger partial charge in [-0.15, -0.1) is 10.2 Å². The molecule has 3 aromatic rings. The van der Waals surface area contributed by atoms with Crippen molar-refractivity contribution in [3.05, 3.63) is 59.4 Å². The summed E-state index contributed by atoms with van der Waals surface area (Å²) in [6.07, 6.45) is 0.802. The van der Waals surface area contributed by atoms with Crippen molar-refractivity contribution < 1.29 is 9.53 Å². The molecule has 1 aromatic carbocycles. The fourth-order valence-electron chi connectivity index (χ4n) is 2.51. The lowest BCUT2D eigenvalue weighted by Crippen LogP contribution is -2.05. The fraction of sp³-hybridized carbons (Fsp3) is 0.263. The van der Waals surface area contributed by atoms with Gasteiger partial charge in [-0.25, -0.2) is 9.78 Å². The number of aromatic nitrogens is 2. The number of pyridine rings is 1. The molecule has 0 amide bonds. The molecule has 0 unspecified atom stereocenters. The van der Waals surface area contributed by atoms with E-state index >= 15 is 0 Å². The number of ether oxygens (including phenoxy) is 1. The maximum absolute atomic E-state index is 11.8. The molecule has 6 heteroatoms. The van der Waals surface area contributed by atoms with Crippen molar-refractivity contribution in [2.45, 2.75) is 27.2 Å². The maximum Gasteiger partial charge on any atom is 0.338 e. The van der Waals surface area contributed by atoms with E-state index in [-0.39, 0.29) is 5.97 Å². The van der Waals surface area contributed by atoms with Crippen LogP contribution in [-0.4, -0.2) is 22.0 Å². The van der Waals surface area contributed by atoms with E-state index < -0.39 is 0 Å². The SMILES string of the molecule is CCCOC(=O)c1ccc(N=Nc2c(C)nc3cccc(C)n23)cc1. The number of carbonyl (C=O) groups excluding carboxylic acids is 1. The second-order valence-electron chi connectivity index (χ2n) is 5.76. The van der Waals surface area contributed by atoms with E-state index in [2.05, 4.69) is 15.2 Å². The van der Waals surface area contributed by atoms with Crippen LogP contribution in [0.1, 0.15) is 35.1 Å². The van der Waals surface area contributed by atoms with E-state index in [4.69, 9.17) is 4.74 Å². The summed E-state index contributed by atoms with van der Waals surface area (Å²) in [5, 5.41) is 8.63. The molecule has 0 aliphatic carbocycles. The molecule has 25 heavy (non-hydrogen) atoms. The van der Waals surface area contributed by atoms with Crippen molar-refractivity contribution in [2.75, 3.05) is 6.61 Å². The third-order valence-electron chi connectivity index (χ3n) is 3.78. The number of hydrogen-bond acceptors (Lipinski definition) is 5. The number of aryl methyl sites for hydroxylation is 2. The van der Waals surface area contributed by atoms with Crippen molar-refractivity contribution in [1.29, 1.82) is 0 Å². The summed E-state index contributed by atoms with van der Waals surface area (Å²) in [6, 6.07) is 12.8. The molecule has 0 radical (unpaired) electrons. The second-order valence-corrected chi connectivity index (χ2v) is 5.76. The van der Waals surface area contributed by atoms with E-state index in [0.29, 0.717) is 23.7 Å². The smallest absolute Gasteiger partial charge is 0.338 e. The van der Waals surface area contributed by atoms with Gasteiger partial charge < -0.3 is 4.74 Å². The summed E-state index contributed by atoms with van der Waals surface area (Å²) in [6.45, 7) is 6.30. The summed E-state index contributed by atoms with van der Waals surface area (Å²) in [5.74, 6) is 0.387. The number of carbonyl (C=O) groups is 1. The van der Waals surface area contributed by atoms with Gasteiger partial charge in [0.2, 0.25) is 0 Å². The topological polar surface area (TPSA) is 68.3 Å². The normalized spacial score (nSPS) is 11.3. The molecule has 0 spiro atoms. The minimum atomic E-state index is -0.321. The fourth-order valence-corrected chi connectivity index (χ4v) is 2.51. The number of imidazole rings is 1. The highest BCUT2D eigenvalue weighted by Gasteiger charge is 2.10. The minimum Gasteiger partial charge on any atom is -0.462 e. The summed E-state index contributed by atoms with van der Waals surface area (Å²) >= 11 is 0. The van der Waals surface area contributed by atoms with E-state index in [1.54, 1.807) is 24.3 Å². The Bertz CT molecular complexity index is 926. The maximum atomic E-state index is 11.8. The van der Waals surface area contributed by atoms with Crippen LogP contribution >= 0.6 is 0 Å². The van der Waals surface area contributed by atoms with Crippen molar-refractivity contribution in [1.82, 2.24) is 9.38 Å². The van der Waals surface area contributed by atoms with Crippen LogP contribution in [-0.2, 0) is 4.74 Å². The highest BCUT2D eigenvalue weighted by Crippen LogP contribution is 2.25. The first kappa shape index (κ1) is 16.8. The molecule has 0 bridgehead atoms. The summed E-state index contributed by atoms with van der Waals surface area (Å²) < 4.78 is 7.08. The van der Waals surface area contributed by atoms with Gasteiger partial charge in [-0.2, -0.15) is 0 Å². The first-order chi connectivity index (χ1) is 12.1. The molecular formula is C19H20N4O2. The minimum absolute atomic E-state index is 0.321. The lowest BCUT2D eigenvalue weighted by Gasteiger charge is -2.03. The van der Waals surface area contributed by atoms with Gasteiger partial charge in [-0.05, 0) is 56.7 Å². The summed E-state index contributed by atoms with van der Waals surface area (Å²) in [5.41, 5.74) is 3.88. The standard InChI is InChI=1S/C19H20N4O2/c1-4-12-25-19(24)15-8-10-16(11-9-15)21-22-18-14(3)20-17-7-5-6-13(2)23(17)18/h5-11H,4,12H2,1-3H3. The number of benzene rings is 1. The van der Waals surface area contributed by atoms with Gasteiger partial charge in [0.15, 0.2) is 5.82 Å². The number of rotatable bonds is 5. The largest absolute Gasteiger partial charge is 0.462 e. The van der Waals surface area contributed by atoms with E-state index in [1.165, 1.54) is 0 Å². The van der Waals surface area contributed by atoms with Crippen molar-refractivity contribution in [3.8, 4) is 0 Å². The molecular weight excluding hydrogens is 316 g/mol. The molecule has 2 aromatic heterocycles. The lowest BCUT2D eigenvalue weighted by molar-refractivity contribution is 0.0505. The molecule has 0 aliphatic heterocycles. The van der Waals surface area contributed by atoms with Crippen molar-refractivity contribution in [3.63, 3.8) is 0 Å². The Balaban J connectivity index is 1.83. The third kappa shape index (κ3) is 3.57. The molecule has 0 saturated carbocycles. The van der Waals surface area contributed by atoms with Crippen LogP contribution in [0.5, 0.6) is 0 Å². The van der Waals surface area contributed by atoms with E-state index in [0.717, 1.165) is 23.5 Å². The van der Waals surface area contributed by atoms with Crippen LogP contribution in [0.25, 0.3) is 5.65 Å². The molecule has 0 fully saturated rings. The number of hydrogen-bond donors (Lipinski definition) is 0. The first-order valence-corrected chi connectivity index (χ1v) is 8.23. The predicted octanol–water partition coefficient (Wildman–Crippen LogP) is 4.93. The van der Waals surface area contributed by atoms with E-state index in [1.807, 2.05) is 43.4 Å². The molecule has 6 nitrogen and oxygen atoms in total. The highest BCUT2D eigenvalue weighted by atomic mass is 16.5. The average Bonchev–Trinajstić information content (AvgIpc) is 2.95. The number of azo groups is 1. The second kappa shape index (κ2) is 7.25. The van der Waals surface area contributed by atoms with E-state index in [9.17, 15) is 4.79 Å². The van der Waals surface area contributed by atoms with Gasteiger partial charge in [0.25, 0.3) is 0 Å². The molecule has 3 rings (SSSR count). The monoisotopic (exact) mass is 336 g/mol. The van der Waals surface area contributed by atoms with Gasteiger partial charge in [-0.1, -0.05) is 13.0 Å². The van der Waals surface area contributed by atoms with Crippen LogP contribution in [0.4, 0.5) is 11.5 Å². The van der Waals surface area contributed by atoms with Crippen LogP contribution in [0.2, 0.25) is 0 Å². The van der Waals surface area contributed by atoms with Crippen LogP contribution in [0.3, 0.4) is 0 Å². The zero-order valence-corrected chi connectivity index (χ0v) is 14.6. The summed E-state index contributed by atoms with van der Waals surface area (Å²) in [7, 11) is 0. The Morgan fingerprint density at radius 2 is 1.88 bits per heavy atom. The average molecular weight is 336 g/mol. The van der Waals surface area contributed by atoms with Crippen molar-refractivity contribution in [2.24, 2.45) is 10.2 Å². The quantitative estimate of drug-likeness (QED) is 0.490. The van der Waals surface area contributed by atoms with Crippen molar-refractivity contribution >= 4 is 23.1 Å². The Kier molecular flexibility index (Phi) is 4.88. The Morgan fingerprint density at radius 3 is 2.60 bits per heavy atom. The molecule has 0 aliphatic rings. The number of esters is 1. The van der Waals surface area contributed by atoms with Gasteiger partial charge in [-0.3, -0.25) is 4.40 Å². The predicted molar refractivity (Wildman–Crippen MR) is 95.9 cm³/mol. The van der Waals surface area contributed by atoms with Gasteiger partial charge in [0.1, 0.15) is 5.65 Å². The number of nitrogens with zero attached hydrogens (tertiary/aromatic N) is 4. The molecule has 0 saturated heterocycles. The van der Waals surface area contributed by atoms with Gasteiger partial charge in [0.05, 0.1) is 23.6 Å². The Labute approximate surface area is 146 Å². The van der Waals surface area contributed by atoms with Crippen LogP contribution in [0.15, 0.2) is 52.7 Å². The molecule has 0 N–H and O–H groups in total. The zero-order chi connectivity index (χ0) is 17.8. The lowest BCUT2D eigenvalue weighted by atomic mass is 10.2. The Hall–Kier alpha value is -3.02. The summed E-state index contributed by atoms with van der Waals surface area (Å²) in [4.78, 5) is 16.3.